The van der Waals surface area contributed by atoms with Crippen molar-refractivity contribution < 1.29 is 19.1 Å². The normalized spacial score (nSPS) is 12.0. The molecule has 0 aliphatic rings. The Kier molecular flexibility index (Phi) is 5.29. The smallest absolute Gasteiger partial charge is 0.339 e. The number of hydrogen-bond acceptors (Lipinski definition) is 4. The van der Waals surface area contributed by atoms with Crippen molar-refractivity contribution in [1.82, 2.24) is 0 Å². The highest BCUT2D eigenvalue weighted by molar-refractivity contribution is 6.57. The molecule has 0 amide bonds. The molecule has 0 spiro atoms. The van der Waals surface area contributed by atoms with Crippen molar-refractivity contribution in [2.45, 2.75) is 13.2 Å². The summed E-state index contributed by atoms with van der Waals surface area (Å²) in [5.74, 6) is -1.10. The minimum atomic E-state index is -0.551. The van der Waals surface area contributed by atoms with Crippen molar-refractivity contribution in [1.29, 1.82) is 0 Å². The van der Waals surface area contributed by atoms with Crippen LogP contribution in [0.2, 0.25) is 0 Å². The Labute approximate surface area is 252 Å². The van der Waals surface area contributed by atoms with Gasteiger partial charge in [0.1, 0.15) is 13.2 Å². The first-order valence-electron chi connectivity index (χ1n) is 14.7. The summed E-state index contributed by atoms with van der Waals surface area (Å²) in [6.45, 7) is 0.220. The predicted octanol–water partition coefficient (Wildman–Crippen LogP) is 9.63. The summed E-state index contributed by atoms with van der Waals surface area (Å²) in [5, 5.41) is 14.2. The topological polar surface area (TPSA) is 52.6 Å². The molecule has 0 saturated heterocycles. The summed E-state index contributed by atoms with van der Waals surface area (Å²) in [4.78, 5) is 27.3. The zero-order valence-electron chi connectivity index (χ0n) is 23.6. The molecule has 0 aliphatic carbocycles. The maximum Gasteiger partial charge on any atom is 0.339 e. The number of rotatable bonds is 6. The molecule has 9 aromatic rings. The third-order valence-corrected chi connectivity index (χ3v) is 8.99. The third-order valence-electron chi connectivity index (χ3n) is 8.99. The van der Waals surface area contributed by atoms with Crippen molar-refractivity contribution >= 4 is 76.6 Å². The molecule has 0 saturated carbocycles. The average Bonchev–Trinajstić information content (AvgIpc) is 3.06. The monoisotopic (exact) mass is 568 g/mol. The van der Waals surface area contributed by atoms with Crippen LogP contribution in [0.25, 0.3) is 64.6 Å². The highest BCUT2D eigenvalue weighted by Crippen LogP contribution is 2.56. The van der Waals surface area contributed by atoms with Gasteiger partial charge >= 0.3 is 11.9 Å². The van der Waals surface area contributed by atoms with Gasteiger partial charge in [-0.05, 0) is 87.9 Å². The second-order valence-corrected chi connectivity index (χ2v) is 11.4. The number of benzene rings is 6. The molecule has 0 aromatic heterocycles. The van der Waals surface area contributed by atoms with Gasteiger partial charge in [-0.3, -0.25) is 0 Å². The van der Waals surface area contributed by atoms with Crippen LogP contribution in [0, 0.1) is 0 Å². The van der Waals surface area contributed by atoms with Gasteiger partial charge < -0.3 is 9.47 Å². The molecule has 0 radical (unpaired) electrons. The Morgan fingerprint density at radius 2 is 0.682 bits per heavy atom. The number of carbonyl (C=O) groups excluding carboxylic acids is 2. The van der Waals surface area contributed by atoms with Crippen LogP contribution in [0.3, 0.4) is 0 Å². The number of fused-ring (bicyclic) bond motifs is 15. The summed E-state index contributed by atoms with van der Waals surface area (Å²) >= 11 is 0. The van der Waals surface area contributed by atoms with Gasteiger partial charge in [-0.1, -0.05) is 109 Å². The van der Waals surface area contributed by atoms with Crippen LogP contribution in [0.5, 0.6) is 0 Å². The van der Waals surface area contributed by atoms with E-state index in [0.29, 0.717) is 0 Å². The number of esters is 2. The van der Waals surface area contributed by atoms with Gasteiger partial charge in [0.25, 0.3) is 0 Å². The molecule has 9 aromatic carbocycles. The lowest BCUT2D eigenvalue weighted by atomic mass is 9.75. The summed E-state index contributed by atoms with van der Waals surface area (Å²) in [6, 6.07) is 39.7. The fraction of sp³-hybridized carbons (Fsp3) is 0.0500. The van der Waals surface area contributed by atoms with E-state index in [1.165, 1.54) is 43.1 Å². The van der Waals surface area contributed by atoms with Crippen LogP contribution < -0.4 is 0 Å². The third kappa shape index (κ3) is 3.45. The lowest BCUT2D eigenvalue weighted by Crippen LogP contribution is -2.15. The summed E-state index contributed by atoms with van der Waals surface area (Å²) < 4.78 is 11.5. The van der Waals surface area contributed by atoms with Gasteiger partial charge in [-0.15, -0.1) is 0 Å². The second-order valence-electron chi connectivity index (χ2n) is 11.4. The summed E-state index contributed by atoms with van der Waals surface area (Å²) in [5.41, 5.74) is 2.18. The van der Waals surface area contributed by atoms with E-state index in [9.17, 15) is 9.59 Å². The molecule has 44 heavy (non-hydrogen) atoms. The minimum Gasteiger partial charge on any atom is -0.457 e. The predicted molar refractivity (Wildman–Crippen MR) is 176 cm³/mol. The fourth-order valence-corrected chi connectivity index (χ4v) is 6.97. The zero-order chi connectivity index (χ0) is 29.4. The van der Waals surface area contributed by atoms with Gasteiger partial charge in [0.05, 0.1) is 11.1 Å². The van der Waals surface area contributed by atoms with Crippen LogP contribution in [-0.2, 0) is 22.7 Å². The molecule has 0 heterocycles. The second kappa shape index (κ2) is 9.38. The van der Waals surface area contributed by atoms with Crippen LogP contribution in [0.1, 0.15) is 31.8 Å². The molecule has 0 bridgehead atoms. The number of carbonyl (C=O) groups is 2. The standard InChI is InChI=1S/C40H24O4/c41-39(43-21-23-11-3-1-4-12-23)31-19-29-30(20-32(31)40(42)44-22-24-13-5-2-6-14-24)38-36-28-18-10-8-16-26(28)34(36)33-25-15-7-9-17-27(25)35(33)37(29)38/h1-20H,21-22H2. The minimum absolute atomic E-state index is 0.110. The van der Waals surface area contributed by atoms with Gasteiger partial charge in [0.2, 0.25) is 0 Å². The van der Waals surface area contributed by atoms with Crippen molar-refractivity contribution in [2.75, 3.05) is 0 Å². The molecule has 0 N–H and O–H groups in total. The highest BCUT2D eigenvalue weighted by atomic mass is 16.5. The maximum absolute atomic E-state index is 13.6. The van der Waals surface area contributed by atoms with Crippen LogP contribution in [-0.4, -0.2) is 11.9 Å². The largest absolute Gasteiger partial charge is 0.457 e. The van der Waals surface area contributed by atoms with Crippen LogP contribution in [0.4, 0.5) is 0 Å². The van der Waals surface area contributed by atoms with Crippen LogP contribution >= 0.6 is 0 Å². The zero-order valence-corrected chi connectivity index (χ0v) is 23.6. The maximum atomic E-state index is 13.6. The van der Waals surface area contributed by atoms with Crippen molar-refractivity contribution in [3.8, 4) is 0 Å². The molecule has 0 aliphatic heterocycles. The van der Waals surface area contributed by atoms with E-state index < -0.39 is 11.9 Å². The van der Waals surface area contributed by atoms with Gasteiger partial charge in [-0.2, -0.15) is 0 Å². The molecule has 0 unspecified atom stereocenters. The molecular formula is C40H24O4. The Balaban J connectivity index is 1.25. The first kappa shape index (κ1) is 24.8. The lowest BCUT2D eigenvalue weighted by Gasteiger charge is -2.27. The Bertz CT molecular complexity index is 2340. The molecule has 9 rings (SSSR count). The summed E-state index contributed by atoms with van der Waals surface area (Å²) in [7, 11) is 0. The van der Waals surface area contributed by atoms with Crippen molar-refractivity contribution in [2.24, 2.45) is 0 Å². The van der Waals surface area contributed by atoms with Crippen molar-refractivity contribution in [3.63, 3.8) is 0 Å². The van der Waals surface area contributed by atoms with Gasteiger partial charge in [-0.25, -0.2) is 9.59 Å². The molecule has 208 valence electrons. The van der Waals surface area contributed by atoms with E-state index in [4.69, 9.17) is 9.47 Å². The molecule has 0 fully saturated rings. The van der Waals surface area contributed by atoms with E-state index in [0.717, 1.165) is 32.7 Å². The lowest BCUT2D eigenvalue weighted by molar-refractivity contribution is 0.0426. The van der Waals surface area contributed by atoms with E-state index in [2.05, 4.69) is 48.5 Å². The highest BCUT2D eigenvalue weighted by Gasteiger charge is 2.30. The molecule has 4 heteroatoms. The molecule has 0 atom stereocenters. The number of hydrogen-bond donors (Lipinski definition) is 0. The summed E-state index contributed by atoms with van der Waals surface area (Å²) in [6.07, 6.45) is 0. The van der Waals surface area contributed by atoms with Crippen molar-refractivity contribution in [3.05, 3.63) is 144 Å². The Morgan fingerprint density at radius 3 is 1.02 bits per heavy atom. The van der Waals surface area contributed by atoms with E-state index in [-0.39, 0.29) is 24.3 Å². The van der Waals surface area contributed by atoms with E-state index in [1.807, 2.05) is 72.8 Å². The van der Waals surface area contributed by atoms with Crippen LogP contribution in [0.15, 0.2) is 121 Å². The first-order chi connectivity index (χ1) is 21.7. The number of ether oxygens (including phenoxy) is 2. The molecular weight excluding hydrogens is 544 g/mol. The quantitative estimate of drug-likeness (QED) is 0.187. The van der Waals surface area contributed by atoms with E-state index >= 15 is 0 Å². The fourth-order valence-electron chi connectivity index (χ4n) is 6.97. The molecule has 4 nitrogen and oxygen atoms in total. The Hall–Kier alpha value is -5.74. The van der Waals surface area contributed by atoms with E-state index in [1.54, 1.807) is 0 Å². The Morgan fingerprint density at radius 1 is 0.386 bits per heavy atom. The average molecular weight is 569 g/mol. The first-order valence-corrected chi connectivity index (χ1v) is 14.7. The van der Waals surface area contributed by atoms with Gasteiger partial charge in [0.15, 0.2) is 0 Å². The van der Waals surface area contributed by atoms with Gasteiger partial charge in [0, 0.05) is 0 Å². The SMILES string of the molecule is O=C(OCc1ccccc1)c1cc2c(cc1C(=O)OCc1ccccc1)c1c3c4ccccc4c3c3c4ccccc4c3c21.